The van der Waals surface area contributed by atoms with Crippen molar-refractivity contribution < 1.29 is 4.39 Å². The third-order valence-electron chi connectivity index (χ3n) is 2.82. The van der Waals surface area contributed by atoms with E-state index < -0.39 is 0 Å². The molecule has 0 amide bonds. The van der Waals surface area contributed by atoms with Gasteiger partial charge in [0.1, 0.15) is 16.5 Å². The van der Waals surface area contributed by atoms with Crippen LogP contribution in [0.4, 0.5) is 15.9 Å². The summed E-state index contributed by atoms with van der Waals surface area (Å²) < 4.78 is 13.5. The van der Waals surface area contributed by atoms with E-state index in [2.05, 4.69) is 15.3 Å². The van der Waals surface area contributed by atoms with Crippen LogP contribution in [0.25, 0.3) is 10.2 Å². The highest BCUT2D eigenvalue weighted by Crippen LogP contribution is 2.30. The topological polar surface area (TPSA) is 37.8 Å². The van der Waals surface area contributed by atoms with Gasteiger partial charge < -0.3 is 5.32 Å². The lowest BCUT2D eigenvalue weighted by atomic mass is 10.2. The van der Waals surface area contributed by atoms with Crippen molar-refractivity contribution in [2.75, 3.05) is 5.32 Å². The average Bonchev–Trinajstić information content (AvgIpc) is 2.83. The fourth-order valence-corrected chi connectivity index (χ4v) is 2.78. The molecule has 0 aliphatic carbocycles. The molecule has 0 saturated carbocycles. The van der Waals surface area contributed by atoms with Gasteiger partial charge in [0.05, 0.1) is 5.39 Å². The predicted octanol–water partition coefficient (Wildman–Crippen LogP) is 4.54. The lowest BCUT2D eigenvalue weighted by Gasteiger charge is -2.10. The fourth-order valence-electron chi connectivity index (χ4n) is 1.80. The summed E-state index contributed by atoms with van der Waals surface area (Å²) >= 11 is 7.37. The maximum absolute atomic E-state index is 13.5. The molecule has 0 aliphatic rings. The van der Waals surface area contributed by atoms with Crippen LogP contribution in [-0.4, -0.2) is 9.97 Å². The summed E-state index contributed by atoms with van der Waals surface area (Å²) in [6.07, 6.45) is 0. The van der Waals surface area contributed by atoms with Gasteiger partial charge in [-0.3, -0.25) is 0 Å². The minimum absolute atomic E-state index is 0.173. The first-order valence-electron chi connectivity index (χ1n) is 5.58. The van der Waals surface area contributed by atoms with E-state index in [9.17, 15) is 4.39 Å². The maximum atomic E-state index is 13.5. The zero-order valence-corrected chi connectivity index (χ0v) is 11.5. The second kappa shape index (κ2) is 4.75. The van der Waals surface area contributed by atoms with Crippen LogP contribution in [0.3, 0.4) is 0 Å². The van der Waals surface area contributed by atoms with Crippen LogP contribution in [0, 0.1) is 12.7 Å². The van der Waals surface area contributed by atoms with Crippen molar-refractivity contribution in [1.82, 2.24) is 9.97 Å². The summed E-state index contributed by atoms with van der Waals surface area (Å²) in [7, 11) is 0. The van der Waals surface area contributed by atoms with E-state index in [0.29, 0.717) is 17.1 Å². The van der Waals surface area contributed by atoms with E-state index in [0.717, 1.165) is 10.2 Å². The van der Waals surface area contributed by atoms with Crippen LogP contribution in [-0.2, 0) is 0 Å². The molecule has 0 atom stereocenters. The number of benzene rings is 1. The van der Waals surface area contributed by atoms with Gasteiger partial charge in [0.2, 0.25) is 5.28 Å². The predicted molar refractivity (Wildman–Crippen MR) is 76.8 cm³/mol. The van der Waals surface area contributed by atoms with Crippen LogP contribution >= 0.6 is 22.9 Å². The maximum Gasteiger partial charge on any atom is 0.225 e. The zero-order valence-electron chi connectivity index (χ0n) is 9.95. The number of halogens is 2. The molecule has 6 heteroatoms. The average molecular weight is 294 g/mol. The number of thiophene rings is 1. The van der Waals surface area contributed by atoms with Crippen LogP contribution in [0.1, 0.15) is 5.56 Å². The molecule has 0 unspecified atom stereocenters. The molecule has 0 spiro atoms. The SMILES string of the molecule is Cc1c(F)cccc1Nc1nc(Cl)nc2sccc12. The van der Waals surface area contributed by atoms with E-state index >= 15 is 0 Å². The van der Waals surface area contributed by atoms with E-state index in [1.165, 1.54) is 17.4 Å². The molecular weight excluding hydrogens is 285 g/mol. The van der Waals surface area contributed by atoms with Crippen molar-refractivity contribution in [1.29, 1.82) is 0 Å². The second-order valence-electron chi connectivity index (χ2n) is 4.02. The first kappa shape index (κ1) is 12.3. The van der Waals surface area contributed by atoms with Crippen molar-refractivity contribution >= 4 is 44.7 Å². The molecule has 0 radical (unpaired) electrons. The molecule has 0 aliphatic heterocycles. The quantitative estimate of drug-likeness (QED) is 0.705. The zero-order chi connectivity index (χ0) is 13.4. The van der Waals surface area contributed by atoms with E-state index in [-0.39, 0.29) is 11.1 Å². The first-order valence-corrected chi connectivity index (χ1v) is 6.84. The van der Waals surface area contributed by atoms with Gasteiger partial charge in [0.15, 0.2) is 0 Å². The van der Waals surface area contributed by atoms with Crippen LogP contribution < -0.4 is 5.32 Å². The lowest BCUT2D eigenvalue weighted by molar-refractivity contribution is 0.619. The molecule has 1 aromatic carbocycles. The van der Waals surface area contributed by atoms with Crippen molar-refractivity contribution in [3.05, 3.63) is 46.3 Å². The normalized spacial score (nSPS) is 10.9. The largest absolute Gasteiger partial charge is 0.339 e. The summed E-state index contributed by atoms with van der Waals surface area (Å²) in [5.41, 5.74) is 1.21. The molecule has 3 nitrogen and oxygen atoms in total. The third kappa shape index (κ3) is 2.27. The number of fused-ring (bicyclic) bond motifs is 1. The molecule has 0 bridgehead atoms. The number of anilines is 2. The summed E-state index contributed by atoms with van der Waals surface area (Å²) in [6.45, 7) is 1.71. The number of nitrogens with one attached hydrogen (secondary N) is 1. The van der Waals surface area contributed by atoms with Gasteiger partial charge in [-0.25, -0.2) is 9.37 Å². The van der Waals surface area contributed by atoms with Gasteiger partial charge >= 0.3 is 0 Å². The molecule has 0 saturated heterocycles. The molecule has 1 N–H and O–H groups in total. The Morgan fingerprint density at radius 2 is 2.11 bits per heavy atom. The van der Waals surface area contributed by atoms with Crippen LogP contribution in [0.5, 0.6) is 0 Å². The second-order valence-corrected chi connectivity index (χ2v) is 5.25. The van der Waals surface area contributed by atoms with Crippen molar-refractivity contribution in [3.8, 4) is 0 Å². The highest BCUT2D eigenvalue weighted by molar-refractivity contribution is 7.16. The van der Waals surface area contributed by atoms with Crippen LogP contribution in [0.2, 0.25) is 5.28 Å². The van der Waals surface area contributed by atoms with E-state index in [4.69, 9.17) is 11.6 Å². The van der Waals surface area contributed by atoms with Gasteiger partial charge in [-0.2, -0.15) is 4.98 Å². The summed E-state index contributed by atoms with van der Waals surface area (Å²) in [6, 6.07) is 6.78. The third-order valence-corrected chi connectivity index (χ3v) is 3.79. The summed E-state index contributed by atoms with van der Waals surface area (Å²) in [5.74, 6) is 0.330. The minimum Gasteiger partial charge on any atom is -0.339 e. The number of rotatable bonds is 2. The highest BCUT2D eigenvalue weighted by Gasteiger charge is 2.10. The molecule has 19 heavy (non-hydrogen) atoms. The van der Waals surface area contributed by atoms with Gasteiger partial charge in [0, 0.05) is 11.3 Å². The number of nitrogens with zero attached hydrogens (tertiary/aromatic N) is 2. The molecular formula is C13H9ClFN3S. The number of aromatic nitrogens is 2. The Kier molecular flexibility index (Phi) is 3.08. The Morgan fingerprint density at radius 3 is 2.95 bits per heavy atom. The molecule has 96 valence electrons. The standard InChI is InChI=1S/C13H9ClFN3S/c1-7-9(15)3-2-4-10(7)16-11-8-5-6-19-12(8)18-13(14)17-11/h2-6H,1H3,(H,16,17,18). The van der Waals surface area contributed by atoms with Gasteiger partial charge in [0.25, 0.3) is 0 Å². The Morgan fingerprint density at radius 1 is 1.26 bits per heavy atom. The number of hydrogen-bond donors (Lipinski definition) is 1. The van der Waals surface area contributed by atoms with E-state index in [1.54, 1.807) is 19.1 Å². The molecule has 2 heterocycles. The minimum atomic E-state index is -0.258. The Bertz CT molecular complexity index is 757. The Hall–Kier alpha value is -1.72. The van der Waals surface area contributed by atoms with Gasteiger partial charge in [-0.15, -0.1) is 11.3 Å². The van der Waals surface area contributed by atoms with Gasteiger partial charge in [-0.05, 0) is 42.1 Å². The Balaban J connectivity index is 2.10. The number of hydrogen-bond acceptors (Lipinski definition) is 4. The monoisotopic (exact) mass is 293 g/mol. The molecule has 3 rings (SSSR count). The van der Waals surface area contributed by atoms with Crippen molar-refractivity contribution in [2.24, 2.45) is 0 Å². The first-order chi connectivity index (χ1) is 9.15. The van der Waals surface area contributed by atoms with Crippen molar-refractivity contribution in [2.45, 2.75) is 6.92 Å². The molecule has 0 fully saturated rings. The summed E-state index contributed by atoms with van der Waals surface area (Å²) in [5, 5.41) is 6.08. The Labute approximate surface area is 118 Å². The molecule has 3 aromatic rings. The smallest absolute Gasteiger partial charge is 0.225 e. The van der Waals surface area contributed by atoms with E-state index in [1.807, 2.05) is 11.4 Å². The van der Waals surface area contributed by atoms with Gasteiger partial charge in [-0.1, -0.05) is 6.07 Å². The highest BCUT2D eigenvalue weighted by atomic mass is 35.5. The fraction of sp³-hybridized carbons (Fsp3) is 0.0769. The van der Waals surface area contributed by atoms with Crippen molar-refractivity contribution in [3.63, 3.8) is 0 Å². The molecule has 2 aromatic heterocycles. The summed E-state index contributed by atoms with van der Waals surface area (Å²) in [4.78, 5) is 9.11. The lowest BCUT2D eigenvalue weighted by Crippen LogP contribution is -1.98. The van der Waals surface area contributed by atoms with Crippen LogP contribution in [0.15, 0.2) is 29.6 Å².